The topological polar surface area (TPSA) is 9.23 Å². The second-order valence-corrected chi connectivity index (χ2v) is 3.26. The summed E-state index contributed by atoms with van der Waals surface area (Å²) in [5, 5.41) is 0. The highest BCUT2D eigenvalue weighted by Crippen LogP contribution is 2.10. The Morgan fingerprint density at radius 3 is 2.54 bits per heavy atom. The summed E-state index contributed by atoms with van der Waals surface area (Å²) in [4.78, 5) is 0. The van der Waals surface area contributed by atoms with Crippen molar-refractivity contribution in [1.29, 1.82) is 0 Å². The van der Waals surface area contributed by atoms with Crippen molar-refractivity contribution in [1.82, 2.24) is 0 Å². The zero-order valence-electron chi connectivity index (χ0n) is 8.80. The maximum atomic E-state index is 5.59. The Kier molecular flexibility index (Phi) is 9.12. The van der Waals surface area contributed by atoms with Gasteiger partial charge in [-0.25, -0.2) is 0 Å². The maximum Gasteiger partial charge on any atom is 0.0648 e. The van der Waals surface area contributed by atoms with Crippen LogP contribution in [0.1, 0.15) is 39.0 Å². The first-order valence-corrected chi connectivity index (χ1v) is 5.18. The minimum atomic E-state index is 0.349. The SMILES string of the molecule is C=CCOC(CC=C)CCCCC. The summed E-state index contributed by atoms with van der Waals surface area (Å²) >= 11 is 0. The quantitative estimate of drug-likeness (QED) is 0.390. The van der Waals surface area contributed by atoms with E-state index in [0.29, 0.717) is 12.7 Å². The minimum Gasteiger partial charge on any atom is -0.374 e. The van der Waals surface area contributed by atoms with Gasteiger partial charge in [0.15, 0.2) is 0 Å². The monoisotopic (exact) mass is 182 g/mol. The summed E-state index contributed by atoms with van der Waals surface area (Å²) in [6.45, 7) is 10.2. The van der Waals surface area contributed by atoms with Crippen molar-refractivity contribution in [2.75, 3.05) is 6.61 Å². The van der Waals surface area contributed by atoms with E-state index >= 15 is 0 Å². The van der Waals surface area contributed by atoms with Crippen LogP contribution in [0.2, 0.25) is 0 Å². The molecule has 0 aromatic carbocycles. The smallest absolute Gasteiger partial charge is 0.0648 e. The predicted octanol–water partition coefficient (Wildman–Crippen LogP) is 3.71. The molecule has 0 N–H and O–H groups in total. The highest BCUT2D eigenvalue weighted by atomic mass is 16.5. The molecule has 0 heterocycles. The fourth-order valence-electron chi connectivity index (χ4n) is 1.28. The van der Waals surface area contributed by atoms with Crippen LogP contribution in [0.15, 0.2) is 25.3 Å². The summed E-state index contributed by atoms with van der Waals surface area (Å²) in [6, 6.07) is 0. The van der Waals surface area contributed by atoms with E-state index in [2.05, 4.69) is 20.1 Å². The largest absolute Gasteiger partial charge is 0.374 e. The molecule has 1 nitrogen and oxygen atoms in total. The molecule has 1 unspecified atom stereocenters. The van der Waals surface area contributed by atoms with E-state index in [4.69, 9.17) is 4.74 Å². The van der Waals surface area contributed by atoms with Crippen LogP contribution in [0.4, 0.5) is 0 Å². The first kappa shape index (κ1) is 12.4. The molecule has 0 aromatic heterocycles. The number of unbranched alkanes of at least 4 members (excludes halogenated alkanes) is 2. The van der Waals surface area contributed by atoms with Crippen LogP contribution in [0.5, 0.6) is 0 Å². The Labute approximate surface area is 82.5 Å². The van der Waals surface area contributed by atoms with Crippen molar-refractivity contribution in [3.05, 3.63) is 25.3 Å². The van der Waals surface area contributed by atoms with Crippen molar-refractivity contribution >= 4 is 0 Å². The molecule has 1 heteroatoms. The van der Waals surface area contributed by atoms with E-state index in [1.807, 2.05) is 6.08 Å². The Morgan fingerprint density at radius 1 is 1.23 bits per heavy atom. The average molecular weight is 182 g/mol. The molecule has 0 bridgehead atoms. The van der Waals surface area contributed by atoms with Crippen LogP contribution in [0.25, 0.3) is 0 Å². The van der Waals surface area contributed by atoms with Gasteiger partial charge in [0.2, 0.25) is 0 Å². The van der Waals surface area contributed by atoms with Gasteiger partial charge < -0.3 is 4.74 Å². The Morgan fingerprint density at radius 2 is 2.00 bits per heavy atom. The lowest BCUT2D eigenvalue weighted by Crippen LogP contribution is -2.11. The van der Waals surface area contributed by atoms with Crippen molar-refractivity contribution in [2.45, 2.75) is 45.1 Å². The fraction of sp³-hybridized carbons (Fsp3) is 0.667. The number of ether oxygens (including phenoxy) is 1. The summed E-state index contributed by atoms with van der Waals surface area (Å²) in [5.74, 6) is 0. The Bertz CT molecular complexity index is 129. The van der Waals surface area contributed by atoms with Crippen LogP contribution in [0.3, 0.4) is 0 Å². The van der Waals surface area contributed by atoms with Gasteiger partial charge in [-0.3, -0.25) is 0 Å². The van der Waals surface area contributed by atoms with Crippen molar-refractivity contribution in [2.24, 2.45) is 0 Å². The van der Waals surface area contributed by atoms with Crippen molar-refractivity contribution in [3.8, 4) is 0 Å². The Balaban J connectivity index is 3.52. The summed E-state index contributed by atoms with van der Waals surface area (Å²) < 4.78 is 5.59. The molecule has 0 rings (SSSR count). The van der Waals surface area contributed by atoms with Crippen LogP contribution in [-0.2, 0) is 4.74 Å². The number of hydrogen-bond donors (Lipinski definition) is 0. The van der Waals surface area contributed by atoms with Gasteiger partial charge in [-0.2, -0.15) is 0 Å². The van der Waals surface area contributed by atoms with Crippen molar-refractivity contribution in [3.63, 3.8) is 0 Å². The molecule has 0 radical (unpaired) electrons. The van der Waals surface area contributed by atoms with E-state index < -0.39 is 0 Å². The molecule has 0 aliphatic carbocycles. The van der Waals surface area contributed by atoms with Crippen LogP contribution in [-0.4, -0.2) is 12.7 Å². The third-order valence-corrected chi connectivity index (χ3v) is 2.01. The first-order chi connectivity index (χ1) is 6.35. The molecule has 0 saturated heterocycles. The minimum absolute atomic E-state index is 0.349. The van der Waals surface area contributed by atoms with Gasteiger partial charge >= 0.3 is 0 Å². The molecule has 0 aliphatic heterocycles. The Hall–Kier alpha value is -0.560. The van der Waals surface area contributed by atoms with Crippen LogP contribution in [0, 0.1) is 0 Å². The van der Waals surface area contributed by atoms with Gasteiger partial charge in [-0.05, 0) is 12.8 Å². The first-order valence-electron chi connectivity index (χ1n) is 5.18. The van der Waals surface area contributed by atoms with Crippen molar-refractivity contribution < 1.29 is 4.74 Å². The highest BCUT2D eigenvalue weighted by Gasteiger charge is 2.04. The molecule has 0 aliphatic rings. The maximum absolute atomic E-state index is 5.59. The lowest BCUT2D eigenvalue weighted by atomic mass is 10.1. The molecular formula is C12H22O. The number of hydrogen-bond acceptors (Lipinski definition) is 1. The van der Waals surface area contributed by atoms with Gasteiger partial charge in [0.05, 0.1) is 12.7 Å². The van der Waals surface area contributed by atoms with Crippen LogP contribution < -0.4 is 0 Å². The zero-order valence-corrected chi connectivity index (χ0v) is 8.80. The zero-order chi connectivity index (χ0) is 9.94. The van der Waals surface area contributed by atoms with Gasteiger partial charge in [0.1, 0.15) is 0 Å². The van der Waals surface area contributed by atoms with E-state index in [1.54, 1.807) is 6.08 Å². The summed E-state index contributed by atoms with van der Waals surface area (Å²) in [5.41, 5.74) is 0. The van der Waals surface area contributed by atoms with Gasteiger partial charge in [-0.1, -0.05) is 38.3 Å². The number of rotatable bonds is 9. The molecule has 0 aromatic rings. The molecule has 0 spiro atoms. The van der Waals surface area contributed by atoms with E-state index in [-0.39, 0.29) is 0 Å². The standard InChI is InChI=1S/C12H22O/c1-4-7-8-10-12(9-5-2)13-11-6-3/h5-6,12H,2-4,7-11H2,1H3. The molecule has 0 amide bonds. The fourth-order valence-corrected chi connectivity index (χ4v) is 1.28. The highest BCUT2D eigenvalue weighted by molar-refractivity contribution is 4.75. The predicted molar refractivity (Wildman–Crippen MR) is 58.9 cm³/mol. The molecular weight excluding hydrogens is 160 g/mol. The molecule has 0 fully saturated rings. The van der Waals surface area contributed by atoms with Crippen LogP contribution >= 0.6 is 0 Å². The third-order valence-electron chi connectivity index (χ3n) is 2.01. The summed E-state index contributed by atoms with van der Waals surface area (Å²) in [7, 11) is 0. The second-order valence-electron chi connectivity index (χ2n) is 3.26. The van der Waals surface area contributed by atoms with E-state index in [9.17, 15) is 0 Å². The van der Waals surface area contributed by atoms with Gasteiger partial charge in [0, 0.05) is 0 Å². The lowest BCUT2D eigenvalue weighted by Gasteiger charge is -2.14. The summed E-state index contributed by atoms with van der Waals surface area (Å²) in [6.07, 6.45) is 10.0. The average Bonchev–Trinajstić information content (AvgIpc) is 2.14. The van der Waals surface area contributed by atoms with E-state index in [1.165, 1.54) is 19.3 Å². The molecule has 1 atom stereocenters. The third kappa shape index (κ3) is 7.79. The lowest BCUT2D eigenvalue weighted by molar-refractivity contribution is 0.0683. The van der Waals surface area contributed by atoms with Gasteiger partial charge in [0.25, 0.3) is 0 Å². The molecule has 0 saturated carbocycles. The van der Waals surface area contributed by atoms with Gasteiger partial charge in [-0.15, -0.1) is 13.2 Å². The normalized spacial score (nSPS) is 12.4. The molecule has 13 heavy (non-hydrogen) atoms. The molecule has 76 valence electrons. The second kappa shape index (κ2) is 9.53. The van der Waals surface area contributed by atoms with E-state index in [0.717, 1.165) is 12.8 Å².